The lowest BCUT2D eigenvalue weighted by molar-refractivity contribution is -0.115. The van der Waals surface area contributed by atoms with Crippen LogP contribution in [0.3, 0.4) is 0 Å². The molecule has 2 aliphatic heterocycles. The molecule has 2 heterocycles. The highest BCUT2D eigenvalue weighted by Crippen LogP contribution is 2.42. The molecule has 0 spiro atoms. The van der Waals surface area contributed by atoms with Crippen molar-refractivity contribution in [3.63, 3.8) is 0 Å². The Morgan fingerprint density at radius 2 is 1.74 bits per heavy atom. The molecule has 1 fully saturated rings. The van der Waals surface area contributed by atoms with Gasteiger partial charge < -0.3 is 19.7 Å². The zero-order valence-corrected chi connectivity index (χ0v) is 20.3. The summed E-state index contributed by atoms with van der Waals surface area (Å²) in [6.45, 7) is 3.62. The maximum Gasteiger partial charge on any atom is 0.324 e. The second kappa shape index (κ2) is 10.2. The van der Waals surface area contributed by atoms with Crippen molar-refractivity contribution in [2.24, 2.45) is 4.99 Å². The smallest absolute Gasteiger partial charge is 0.324 e. The van der Waals surface area contributed by atoms with Gasteiger partial charge in [0.15, 0.2) is 11.5 Å². The van der Waals surface area contributed by atoms with Crippen molar-refractivity contribution in [3.8, 4) is 11.5 Å². The first-order valence-electron chi connectivity index (χ1n) is 11.7. The highest BCUT2D eigenvalue weighted by atomic mass is 16.5. The lowest BCUT2D eigenvalue weighted by Crippen LogP contribution is -2.43. The highest BCUT2D eigenvalue weighted by Gasteiger charge is 2.35. The fourth-order valence-electron chi connectivity index (χ4n) is 4.59. The minimum absolute atomic E-state index is 0.0220. The monoisotopic (exact) mass is 464 g/mol. The van der Waals surface area contributed by atoms with Gasteiger partial charge in [0, 0.05) is 43.3 Å². The van der Waals surface area contributed by atoms with Gasteiger partial charge >= 0.3 is 6.03 Å². The van der Waals surface area contributed by atoms with Crippen molar-refractivity contribution >= 4 is 34.7 Å². The molecule has 1 atom stereocenters. The average Bonchev–Trinajstić information content (AvgIpc) is 3.20. The number of carbonyl (C=O) groups is 2. The van der Waals surface area contributed by atoms with Crippen molar-refractivity contribution in [2.45, 2.75) is 38.5 Å². The number of urea groups is 1. The van der Waals surface area contributed by atoms with E-state index in [0.29, 0.717) is 23.6 Å². The third-order valence-corrected chi connectivity index (χ3v) is 6.51. The molecule has 180 valence electrons. The lowest BCUT2D eigenvalue weighted by atomic mass is 9.93. The summed E-state index contributed by atoms with van der Waals surface area (Å²) < 4.78 is 10.8. The Kier molecular flexibility index (Phi) is 7.05. The van der Waals surface area contributed by atoms with Gasteiger partial charge in [-0.05, 0) is 61.6 Å². The molecule has 1 saturated heterocycles. The van der Waals surface area contributed by atoms with Gasteiger partial charge in [-0.25, -0.2) is 4.79 Å². The van der Waals surface area contributed by atoms with Crippen LogP contribution >= 0.6 is 0 Å². The minimum Gasteiger partial charge on any atom is -0.493 e. The van der Waals surface area contributed by atoms with Crippen LogP contribution < -0.4 is 19.7 Å². The maximum absolute atomic E-state index is 12.9. The van der Waals surface area contributed by atoms with Crippen molar-refractivity contribution < 1.29 is 19.1 Å². The number of rotatable bonds is 6. The minimum atomic E-state index is -0.497. The molecule has 2 aromatic carbocycles. The molecule has 2 aromatic rings. The number of amides is 3. The fourth-order valence-corrected chi connectivity index (χ4v) is 4.59. The number of fused-ring (bicyclic) bond motifs is 1. The van der Waals surface area contributed by atoms with Crippen LogP contribution in [0, 0.1) is 0 Å². The van der Waals surface area contributed by atoms with Gasteiger partial charge in [-0.3, -0.25) is 14.7 Å². The number of piperidine rings is 1. The van der Waals surface area contributed by atoms with E-state index in [4.69, 9.17) is 14.5 Å². The van der Waals surface area contributed by atoms with Crippen molar-refractivity contribution in [1.82, 2.24) is 4.90 Å². The zero-order valence-electron chi connectivity index (χ0n) is 20.3. The Bertz CT molecular complexity index is 1090. The molecule has 0 aromatic heterocycles. The number of likely N-dealkylation sites (tertiary alicyclic amines) is 1. The van der Waals surface area contributed by atoms with Crippen LogP contribution in [0.2, 0.25) is 0 Å². The van der Waals surface area contributed by atoms with Crippen LogP contribution in [-0.4, -0.2) is 56.9 Å². The van der Waals surface area contributed by atoms with Crippen LogP contribution in [-0.2, 0) is 4.79 Å². The third kappa shape index (κ3) is 4.58. The second-order valence-corrected chi connectivity index (χ2v) is 8.58. The summed E-state index contributed by atoms with van der Waals surface area (Å²) in [5.41, 5.74) is 3.84. The van der Waals surface area contributed by atoms with Crippen molar-refractivity contribution in [2.75, 3.05) is 44.6 Å². The Balaban J connectivity index is 1.56. The molecule has 34 heavy (non-hydrogen) atoms. The van der Waals surface area contributed by atoms with E-state index in [1.165, 1.54) is 6.42 Å². The van der Waals surface area contributed by atoms with Gasteiger partial charge in [0.2, 0.25) is 5.91 Å². The van der Waals surface area contributed by atoms with Crippen molar-refractivity contribution in [3.05, 3.63) is 42.0 Å². The molecule has 1 N–H and O–H groups in total. The van der Waals surface area contributed by atoms with E-state index in [9.17, 15) is 9.59 Å². The predicted molar refractivity (Wildman–Crippen MR) is 134 cm³/mol. The number of hydrogen-bond acceptors (Lipinski definition) is 5. The molecular formula is C26H32N4O4. The van der Waals surface area contributed by atoms with Crippen LogP contribution in [0.5, 0.6) is 11.5 Å². The number of hydrogen-bond donors (Lipinski definition) is 1. The fraction of sp³-hybridized carbons (Fsp3) is 0.423. The number of nitrogens with one attached hydrogen (secondary N) is 1. The van der Waals surface area contributed by atoms with Crippen LogP contribution in [0.4, 0.5) is 21.9 Å². The molecule has 2 aliphatic rings. The maximum atomic E-state index is 12.9. The first kappa shape index (κ1) is 23.6. The Labute approximate surface area is 200 Å². The summed E-state index contributed by atoms with van der Waals surface area (Å²) in [6.07, 6.45) is 3.91. The van der Waals surface area contributed by atoms with Crippen molar-refractivity contribution in [1.29, 1.82) is 0 Å². The SMILES string of the molecule is CCC(=Nc1ccc(N(C)C(=O)N2CCCCC2)cc1)C1C(=O)Nc2cc(OC)c(OC)cc21. The highest BCUT2D eigenvalue weighted by molar-refractivity contribution is 6.19. The summed E-state index contributed by atoms with van der Waals surface area (Å²) in [5.74, 6) is 0.525. The molecule has 0 aliphatic carbocycles. The van der Waals surface area contributed by atoms with Crippen LogP contribution in [0.1, 0.15) is 44.1 Å². The Morgan fingerprint density at radius 3 is 2.35 bits per heavy atom. The molecule has 0 bridgehead atoms. The van der Waals surface area contributed by atoms with Gasteiger partial charge in [-0.15, -0.1) is 0 Å². The zero-order chi connectivity index (χ0) is 24.2. The molecule has 8 nitrogen and oxygen atoms in total. The molecule has 1 unspecified atom stereocenters. The average molecular weight is 465 g/mol. The van der Waals surface area contributed by atoms with E-state index in [1.807, 2.05) is 42.2 Å². The van der Waals surface area contributed by atoms with Crippen LogP contribution in [0.15, 0.2) is 41.4 Å². The van der Waals surface area contributed by atoms with Crippen LogP contribution in [0.25, 0.3) is 0 Å². The summed E-state index contributed by atoms with van der Waals surface area (Å²) in [6, 6.07) is 11.2. The van der Waals surface area contributed by atoms with Gasteiger partial charge in [0.25, 0.3) is 0 Å². The third-order valence-electron chi connectivity index (χ3n) is 6.51. The number of nitrogens with zero attached hydrogens (tertiary/aromatic N) is 3. The van der Waals surface area contributed by atoms with E-state index in [0.717, 1.165) is 48.6 Å². The van der Waals surface area contributed by atoms with Gasteiger partial charge in [-0.1, -0.05) is 6.92 Å². The largest absolute Gasteiger partial charge is 0.493 e. The summed E-state index contributed by atoms with van der Waals surface area (Å²) in [4.78, 5) is 34.1. The molecule has 4 rings (SSSR count). The standard InChI is InChI=1S/C26H32N4O4/c1-5-20(24-19-15-22(33-3)23(34-4)16-21(19)28-25(24)31)27-17-9-11-18(12-10-17)29(2)26(32)30-13-7-6-8-14-30/h9-12,15-16,24H,5-8,13-14H2,1-4H3,(H,28,31). The molecular weight excluding hydrogens is 432 g/mol. The predicted octanol–water partition coefficient (Wildman–Crippen LogP) is 4.96. The lowest BCUT2D eigenvalue weighted by Gasteiger charge is -2.31. The number of anilines is 2. The summed E-state index contributed by atoms with van der Waals surface area (Å²) in [5, 5.41) is 2.94. The van der Waals surface area contributed by atoms with E-state index < -0.39 is 5.92 Å². The van der Waals surface area contributed by atoms with Gasteiger partial charge in [0.1, 0.15) is 5.92 Å². The number of carbonyl (C=O) groups excluding carboxylic acids is 2. The molecule has 0 radical (unpaired) electrons. The molecule has 8 heteroatoms. The quantitative estimate of drug-likeness (QED) is 0.612. The summed E-state index contributed by atoms with van der Waals surface area (Å²) >= 11 is 0. The normalized spacial score (nSPS) is 17.8. The number of aliphatic imine (C=N–C) groups is 1. The van der Waals surface area contributed by atoms with E-state index in [2.05, 4.69) is 5.32 Å². The second-order valence-electron chi connectivity index (χ2n) is 8.58. The van der Waals surface area contributed by atoms with Gasteiger partial charge in [-0.2, -0.15) is 0 Å². The number of benzene rings is 2. The number of methoxy groups -OCH3 is 2. The van der Waals surface area contributed by atoms with E-state index in [-0.39, 0.29) is 11.9 Å². The molecule has 3 amide bonds. The van der Waals surface area contributed by atoms with E-state index in [1.54, 1.807) is 32.2 Å². The first-order valence-corrected chi connectivity index (χ1v) is 11.7. The van der Waals surface area contributed by atoms with Gasteiger partial charge in [0.05, 0.1) is 19.9 Å². The summed E-state index contributed by atoms with van der Waals surface area (Å²) in [7, 11) is 4.94. The van der Waals surface area contributed by atoms with E-state index >= 15 is 0 Å². The first-order chi connectivity index (χ1) is 16.5. The Morgan fingerprint density at radius 1 is 1.09 bits per heavy atom. The topological polar surface area (TPSA) is 83.5 Å². The number of ether oxygens (including phenoxy) is 2. The molecule has 0 saturated carbocycles. The Hall–Kier alpha value is -3.55.